The number of hydrogen-bond donors (Lipinski definition) is 2. The highest BCUT2D eigenvalue weighted by atomic mass is 16.5. The van der Waals surface area contributed by atoms with Gasteiger partial charge in [0.1, 0.15) is 23.7 Å². The van der Waals surface area contributed by atoms with E-state index in [4.69, 9.17) is 19.6 Å². The molecule has 1 aromatic heterocycles. The summed E-state index contributed by atoms with van der Waals surface area (Å²) in [7, 11) is 1.52. The molecule has 0 fully saturated rings. The first-order chi connectivity index (χ1) is 16.4. The summed E-state index contributed by atoms with van der Waals surface area (Å²) in [6.07, 6.45) is -0.202. The van der Waals surface area contributed by atoms with Gasteiger partial charge in [-0.3, -0.25) is 9.59 Å². The summed E-state index contributed by atoms with van der Waals surface area (Å²) in [5.41, 5.74) is 10.4. The standard InChI is InChI=1S/C27H25NO6/c1-16(29)27-23(15-33-25-13-21(32-2)8-6-20(25)12-26(30)31)22-11-19(7-9-24(22)34-27)18-5-3-4-17(10-18)14-28/h3-11,13H,12,14-15,28H2,1-2H3,(H,30,31). The summed E-state index contributed by atoms with van der Waals surface area (Å²) in [5.74, 6) is -0.0755. The molecule has 0 aliphatic heterocycles. The molecule has 0 bridgehead atoms. The summed E-state index contributed by atoms with van der Waals surface area (Å²) >= 11 is 0. The number of carbonyl (C=O) groups is 2. The number of nitrogens with two attached hydrogens (primary N) is 1. The minimum Gasteiger partial charge on any atom is -0.497 e. The number of carboxylic acids is 1. The van der Waals surface area contributed by atoms with Gasteiger partial charge in [-0.05, 0) is 41.0 Å². The fourth-order valence-electron chi connectivity index (χ4n) is 3.89. The zero-order valence-corrected chi connectivity index (χ0v) is 19.0. The van der Waals surface area contributed by atoms with Crippen molar-refractivity contribution in [3.63, 3.8) is 0 Å². The second kappa shape index (κ2) is 9.80. The molecule has 0 aliphatic carbocycles. The molecule has 0 amide bonds. The molecule has 0 saturated carbocycles. The minimum atomic E-state index is -0.974. The zero-order valence-electron chi connectivity index (χ0n) is 19.0. The van der Waals surface area contributed by atoms with Crippen molar-refractivity contribution in [2.75, 3.05) is 7.11 Å². The predicted molar refractivity (Wildman–Crippen MR) is 128 cm³/mol. The molecular weight excluding hydrogens is 434 g/mol. The largest absolute Gasteiger partial charge is 0.497 e. The van der Waals surface area contributed by atoms with Crippen LogP contribution in [0.15, 0.2) is 65.1 Å². The highest BCUT2D eigenvalue weighted by molar-refractivity contribution is 6.00. The molecule has 7 heteroatoms. The number of benzene rings is 3. The lowest BCUT2D eigenvalue weighted by atomic mass is 10.00. The summed E-state index contributed by atoms with van der Waals surface area (Å²) in [6.45, 7) is 1.90. The molecule has 0 spiro atoms. The first-order valence-electron chi connectivity index (χ1n) is 10.8. The molecule has 3 aromatic carbocycles. The first-order valence-corrected chi connectivity index (χ1v) is 10.8. The van der Waals surface area contributed by atoms with Crippen LogP contribution in [0.25, 0.3) is 22.1 Å². The maximum Gasteiger partial charge on any atom is 0.307 e. The van der Waals surface area contributed by atoms with Crippen LogP contribution in [0, 0.1) is 0 Å². The van der Waals surface area contributed by atoms with Gasteiger partial charge < -0.3 is 24.7 Å². The molecule has 1 heterocycles. The number of Topliss-reactive ketones (excluding diaryl/α,β-unsaturated/α-hetero) is 1. The van der Waals surface area contributed by atoms with Crippen molar-refractivity contribution in [1.82, 2.24) is 0 Å². The van der Waals surface area contributed by atoms with Crippen molar-refractivity contribution in [2.24, 2.45) is 5.73 Å². The van der Waals surface area contributed by atoms with Crippen LogP contribution in [0.1, 0.15) is 34.2 Å². The van der Waals surface area contributed by atoms with Crippen LogP contribution in [-0.4, -0.2) is 24.0 Å². The Hall–Kier alpha value is -4.10. The van der Waals surface area contributed by atoms with Crippen LogP contribution in [0.2, 0.25) is 0 Å². The monoisotopic (exact) mass is 459 g/mol. The number of aliphatic carboxylic acids is 1. The number of furan rings is 1. The predicted octanol–water partition coefficient (Wildman–Crippen LogP) is 4.98. The van der Waals surface area contributed by atoms with Crippen molar-refractivity contribution in [2.45, 2.75) is 26.5 Å². The maximum atomic E-state index is 12.3. The molecule has 4 rings (SSSR count). The van der Waals surface area contributed by atoms with Gasteiger partial charge in [-0.25, -0.2) is 0 Å². The third kappa shape index (κ3) is 4.79. The van der Waals surface area contributed by atoms with E-state index in [-0.39, 0.29) is 24.6 Å². The molecule has 34 heavy (non-hydrogen) atoms. The Kier molecular flexibility index (Phi) is 6.65. The number of carboxylic acid groups (broad SMARTS) is 1. The van der Waals surface area contributed by atoms with Crippen molar-refractivity contribution < 1.29 is 28.6 Å². The smallest absolute Gasteiger partial charge is 0.307 e. The van der Waals surface area contributed by atoms with Gasteiger partial charge in [0, 0.05) is 36.0 Å². The van der Waals surface area contributed by atoms with E-state index in [9.17, 15) is 14.7 Å². The molecule has 0 atom stereocenters. The van der Waals surface area contributed by atoms with E-state index in [0.717, 1.165) is 22.1 Å². The van der Waals surface area contributed by atoms with E-state index < -0.39 is 5.97 Å². The van der Waals surface area contributed by atoms with Gasteiger partial charge in [0.2, 0.25) is 0 Å². The van der Waals surface area contributed by atoms with E-state index >= 15 is 0 Å². The number of hydrogen-bond acceptors (Lipinski definition) is 6. The Morgan fingerprint density at radius 2 is 1.82 bits per heavy atom. The fourth-order valence-corrected chi connectivity index (χ4v) is 3.89. The second-order valence-electron chi connectivity index (χ2n) is 7.91. The van der Waals surface area contributed by atoms with Crippen molar-refractivity contribution in [3.05, 3.63) is 83.1 Å². The van der Waals surface area contributed by atoms with Gasteiger partial charge in [-0.2, -0.15) is 0 Å². The molecule has 3 N–H and O–H groups in total. The van der Waals surface area contributed by atoms with Crippen LogP contribution in [0.4, 0.5) is 0 Å². The zero-order chi connectivity index (χ0) is 24.2. The number of fused-ring (bicyclic) bond motifs is 1. The topological polar surface area (TPSA) is 112 Å². The van der Waals surface area contributed by atoms with Crippen molar-refractivity contribution >= 4 is 22.7 Å². The molecule has 0 aliphatic rings. The third-order valence-electron chi connectivity index (χ3n) is 5.59. The molecule has 0 saturated heterocycles. The number of carbonyl (C=O) groups excluding carboxylic acids is 1. The van der Waals surface area contributed by atoms with Gasteiger partial charge in [-0.1, -0.05) is 30.3 Å². The molecule has 4 aromatic rings. The Morgan fingerprint density at radius 1 is 1.03 bits per heavy atom. The van der Waals surface area contributed by atoms with E-state index in [0.29, 0.717) is 34.8 Å². The number of ketones is 1. The van der Waals surface area contributed by atoms with Gasteiger partial charge in [0.05, 0.1) is 13.5 Å². The Morgan fingerprint density at radius 3 is 2.53 bits per heavy atom. The van der Waals surface area contributed by atoms with Crippen LogP contribution >= 0.6 is 0 Å². The van der Waals surface area contributed by atoms with Gasteiger partial charge in [0.15, 0.2) is 11.5 Å². The molecule has 0 unspecified atom stereocenters. The Labute approximate surface area is 196 Å². The quantitative estimate of drug-likeness (QED) is 0.340. The molecular formula is C27H25NO6. The highest BCUT2D eigenvalue weighted by Gasteiger charge is 2.20. The van der Waals surface area contributed by atoms with Crippen LogP contribution in [0.3, 0.4) is 0 Å². The Bertz CT molecular complexity index is 1370. The first kappa shape index (κ1) is 23.1. The number of ether oxygens (including phenoxy) is 2. The van der Waals surface area contributed by atoms with E-state index in [1.54, 1.807) is 18.2 Å². The normalized spacial score (nSPS) is 10.9. The van der Waals surface area contributed by atoms with Crippen molar-refractivity contribution in [3.8, 4) is 22.6 Å². The summed E-state index contributed by atoms with van der Waals surface area (Å²) < 4.78 is 17.1. The Balaban J connectivity index is 1.75. The third-order valence-corrected chi connectivity index (χ3v) is 5.59. The second-order valence-corrected chi connectivity index (χ2v) is 7.91. The molecule has 7 nitrogen and oxygen atoms in total. The van der Waals surface area contributed by atoms with E-state index in [1.165, 1.54) is 14.0 Å². The van der Waals surface area contributed by atoms with Gasteiger partial charge in [0.25, 0.3) is 0 Å². The molecule has 0 radical (unpaired) electrons. The average Bonchev–Trinajstić information content (AvgIpc) is 3.21. The number of methoxy groups -OCH3 is 1. The SMILES string of the molecule is COc1ccc(CC(=O)O)c(OCc2c(C(C)=O)oc3ccc(-c4cccc(CN)c4)cc23)c1. The van der Waals surface area contributed by atoms with Crippen molar-refractivity contribution in [1.29, 1.82) is 0 Å². The summed E-state index contributed by atoms with van der Waals surface area (Å²) in [5, 5.41) is 10.0. The van der Waals surface area contributed by atoms with E-state index in [1.807, 2.05) is 42.5 Å². The van der Waals surface area contributed by atoms with Crippen LogP contribution in [-0.2, 0) is 24.4 Å². The van der Waals surface area contributed by atoms with Crippen LogP contribution in [0.5, 0.6) is 11.5 Å². The summed E-state index contributed by atoms with van der Waals surface area (Å²) in [4.78, 5) is 23.6. The number of rotatable bonds is 9. The van der Waals surface area contributed by atoms with E-state index in [2.05, 4.69) is 0 Å². The lowest BCUT2D eigenvalue weighted by Crippen LogP contribution is -2.06. The van der Waals surface area contributed by atoms with Gasteiger partial charge >= 0.3 is 5.97 Å². The van der Waals surface area contributed by atoms with Crippen LogP contribution < -0.4 is 15.2 Å². The lowest BCUT2D eigenvalue weighted by Gasteiger charge is -2.12. The molecule has 174 valence electrons. The average molecular weight is 459 g/mol. The minimum absolute atomic E-state index is 0.0218. The highest BCUT2D eigenvalue weighted by Crippen LogP contribution is 2.33. The summed E-state index contributed by atoms with van der Waals surface area (Å²) in [6, 6.07) is 18.6. The fraction of sp³-hybridized carbons (Fsp3) is 0.185. The van der Waals surface area contributed by atoms with Gasteiger partial charge in [-0.15, -0.1) is 0 Å². The lowest BCUT2D eigenvalue weighted by molar-refractivity contribution is -0.136. The maximum absolute atomic E-state index is 12.3.